The fourth-order valence-corrected chi connectivity index (χ4v) is 3.30. The standard InChI is InChI=1S/C22H25NO3/c1-17(21(24)25)15-22(16-23,19-11-6-12-20(14-19)26-2)13-7-10-18-8-4-3-5-9-18/h3-6,8-9,11-12,14,17H,7,10,13,15H2,1-2H3,(H,24,25). The molecule has 0 aliphatic heterocycles. The van der Waals surface area contributed by atoms with Crippen LogP contribution in [0.4, 0.5) is 0 Å². The van der Waals surface area contributed by atoms with E-state index in [-0.39, 0.29) is 6.42 Å². The van der Waals surface area contributed by atoms with Gasteiger partial charge in [-0.25, -0.2) is 0 Å². The predicted molar refractivity (Wildman–Crippen MR) is 101 cm³/mol. The number of carboxylic acid groups (broad SMARTS) is 1. The number of aryl methyl sites for hydroxylation is 1. The molecule has 2 rings (SSSR count). The lowest BCUT2D eigenvalue weighted by Crippen LogP contribution is -2.29. The van der Waals surface area contributed by atoms with Gasteiger partial charge in [0.2, 0.25) is 0 Å². The van der Waals surface area contributed by atoms with Crippen molar-refractivity contribution in [3.05, 3.63) is 65.7 Å². The number of benzene rings is 2. The van der Waals surface area contributed by atoms with E-state index in [9.17, 15) is 15.2 Å². The Morgan fingerprint density at radius 1 is 1.23 bits per heavy atom. The van der Waals surface area contributed by atoms with Crippen molar-refractivity contribution in [2.75, 3.05) is 7.11 Å². The molecule has 0 aromatic heterocycles. The summed E-state index contributed by atoms with van der Waals surface area (Å²) in [7, 11) is 1.59. The van der Waals surface area contributed by atoms with Crippen LogP contribution in [0.1, 0.15) is 37.3 Å². The Balaban J connectivity index is 2.27. The average Bonchev–Trinajstić information content (AvgIpc) is 2.67. The molecule has 4 heteroatoms. The minimum Gasteiger partial charge on any atom is -0.497 e. The Hall–Kier alpha value is -2.80. The van der Waals surface area contributed by atoms with Crippen LogP contribution in [0.2, 0.25) is 0 Å². The summed E-state index contributed by atoms with van der Waals surface area (Å²) in [6.45, 7) is 1.66. The third-order valence-corrected chi connectivity index (χ3v) is 4.82. The molecule has 0 amide bonds. The quantitative estimate of drug-likeness (QED) is 0.717. The lowest BCUT2D eigenvalue weighted by molar-refractivity contribution is -0.141. The van der Waals surface area contributed by atoms with Gasteiger partial charge in [-0.3, -0.25) is 4.79 Å². The van der Waals surface area contributed by atoms with Gasteiger partial charge in [-0.05, 0) is 48.9 Å². The Morgan fingerprint density at radius 2 is 1.96 bits per heavy atom. The van der Waals surface area contributed by atoms with Crippen LogP contribution in [0.5, 0.6) is 5.75 Å². The molecule has 0 aliphatic rings. The molecule has 0 saturated carbocycles. The molecule has 0 radical (unpaired) electrons. The van der Waals surface area contributed by atoms with Crippen LogP contribution in [-0.4, -0.2) is 18.2 Å². The van der Waals surface area contributed by atoms with E-state index < -0.39 is 17.3 Å². The van der Waals surface area contributed by atoms with E-state index in [0.29, 0.717) is 12.2 Å². The SMILES string of the molecule is COc1cccc(C(C#N)(CCCc2ccccc2)CC(C)C(=O)O)c1. The number of ether oxygens (including phenoxy) is 1. The maximum absolute atomic E-state index is 11.4. The molecule has 2 aromatic rings. The number of hydrogen-bond acceptors (Lipinski definition) is 3. The highest BCUT2D eigenvalue weighted by molar-refractivity contribution is 5.69. The van der Waals surface area contributed by atoms with Gasteiger partial charge in [-0.15, -0.1) is 0 Å². The van der Waals surface area contributed by atoms with Gasteiger partial charge in [0.1, 0.15) is 5.75 Å². The van der Waals surface area contributed by atoms with Gasteiger partial charge in [0, 0.05) is 0 Å². The Labute approximate surface area is 155 Å². The molecule has 0 heterocycles. The number of hydrogen-bond donors (Lipinski definition) is 1. The molecular weight excluding hydrogens is 326 g/mol. The number of nitriles is 1. The molecule has 4 nitrogen and oxygen atoms in total. The average molecular weight is 351 g/mol. The zero-order valence-electron chi connectivity index (χ0n) is 15.3. The summed E-state index contributed by atoms with van der Waals surface area (Å²) in [5.41, 5.74) is 1.19. The number of nitrogens with zero attached hydrogens (tertiary/aromatic N) is 1. The van der Waals surface area contributed by atoms with Gasteiger partial charge >= 0.3 is 5.97 Å². The summed E-state index contributed by atoms with van der Waals surface area (Å²) in [6.07, 6.45) is 2.54. The van der Waals surface area contributed by atoms with E-state index in [1.54, 1.807) is 14.0 Å². The van der Waals surface area contributed by atoms with Crippen LogP contribution < -0.4 is 4.74 Å². The molecule has 0 spiro atoms. The Morgan fingerprint density at radius 3 is 2.58 bits per heavy atom. The maximum Gasteiger partial charge on any atom is 0.306 e. The van der Waals surface area contributed by atoms with Gasteiger partial charge in [0.15, 0.2) is 0 Å². The summed E-state index contributed by atoms with van der Waals surface area (Å²) in [6, 6.07) is 20.0. The monoisotopic (exact) mass is 351 g/mol. The molecule has 0 fully saturated rings. The minimum absolute atomic E-state index is 0.279. The zero-order valence-corrected chi connectivity index (χ0v) is 15.3. The lowest BCUT2D eigenvalue weighted by Gasteiger charge is -2.29. The first-order valence-electron chi connectivity index (χ1n) is 8.83. The van der Waals surface area contributed by atoms with E-state index in [1.165, 1.54) is 5.56 Å². The van der Waals surface area contributed by atoms with Crippen molar-refractivity contribution in [3.63, 3.8) is 0 Å². The zero-order chi connectivity index (χ0) is 19.0. The Kier molecular flexibility index (Phi) is 6.80. The summed E-state index contributed by atoms with van der Waals surface area (Å²) >= 11 is 0. The van der Waals surface area contributed by atoms with E-state index in [4.69, 9.17) is 4.74 Å². The van der Waals surface area contributed by atoms with E-state index in [2.05, 4.69) is 18.2 Å². The smallest absolute Gasteiger partial charge is 0.306 e. The first-order valence-corrected chi connectivity index (χ1v) is 8.83. The molecular formula is C22H25NO3. The number of carbonyl (C=O) groups is 1. The van der Waals surface area contributed by atoms with Gasteiger partial charge in [-0.2, -0.15) is 5.26 Å². The van der Waals surface area contributed by atoms with Gasteiger partial charge in [-0.1, -0.05) is 49.4 Å². The second kappa shape index (κ2) is 9.05. The third-order valence-electron chi connectivity index (χ3n) is 4.82. The van der Waals surface area contributed by atoms with Crippen molar-refractivity contribution in [1.82, 2.24) is 0 Å². The molecule has 0 aliphatic carbocycles. The van der Waals surface area contributed by atoms with Crippen molar-refractivity contribution in [3.8, 4) is 11.8 Å². The topological polar surface area (TPSA) is 70.3 Å². The highest BCUT2D eigenvalue weighted by atomic mass is 16.5. The molecule has 2 unspecified atom stereocenters. The fourth-order valence-electron chi connectivity index (χ4n) is 3.30. The predicted octanol–water partition coefficient (Wildman–Crippen LogP) is 4.59. The lowest BCUT2D eigenvalue weighted by atomic mass is 9.71. The third kappa shape index (κ3) is 4.86. The first-order chi connectivity index (χ1) is 12.5. The second-order valence-electron chi connectivity index (χ2n) is 6.71. The largest absolute Gasteiger partial charge is 0.497 e. The van der Waals surface area contributed by atoms with Crippen LogP contribution in [0.3, 0.4) is 0 Å². The molecule has 0 bridgehead atoms. The number of carboxylic acids is 1. The van der Waals surface area contributed by atoms with Gasteiger partial charge < -0.3 is 9.84 Å². The first kappa shape index (κ1) is 19.5. The molecule has 136 valence electrons. The summed E-state index contributed by atoms with van der Waals surface area (Å²) < 4.78 is 5.30. The van der Waals surface area contributed by atoms with Gasteiger partial charge in [0.05, 0.1) is 24.5 Å². The maximum atomic E-state index is 11.4. The van der Waals surface area contributed by atoms with Crippen molar-refractivity contribution in [2.24, 2.45) is 5.92 Å². The fraction of sp³-hybridized carbons (Fsp3) is 0.364. The molecule has 2 aromatic carbocycles. The normalized spacial score (nSPS) is 14.0. The molecule has 26 heavy (non-hydrogen) atoms. The number of aliphatic carboxylic acids is 1. The van der Waals surface area contributed by atoms with E-state index in [0.717, 1.165) is 18.4 Å². The van der Waals surface area contributed by atoms with Crippen molar-refractivity contribution in [2.45, 2.75) is 38.0 Å². The van der Waals surface area contributed by atoms with Crippen LogP contribution in [0.15, 0.2) is 54.6 Å². The van der Waals surface area contributed by atoms with Crippen molar-refractivity contribution >= 4 is 5.97 Å². The second-order valence-corrected chi connectivity index (χ2v) is 6.71. The highest BCUT2D eigenvalue weighted by Crippen LogP contribution is 2.37. The van der Waals surface area contributed by atoms with Crippen molar-refractivity contribution in [1.29, 1.82) is 5.26 Å². The number of methoxy groups -OCH3 is 1. The Bertz CT molecular complexity index is 766. The molecule has 2 atom stereocenters. The van der Waals surface area contributed by atoms with Crippen LogP contribution in [-0.2, 0) is 16.6 Å². The molecule has 1 N–H and O–H groups in total. The summed E-state index contributed by atoms with van der Waals surface area (Å²) in [5.74, 6) is -0.804. The van der Waals surface area contributed by atoms with Crippen LogP contribution in [0, 0.1) is 17.2 Å². The summed E-state index contributed by atoms with van der Waals surface area (Å²) in [4.78, 5) is 11.4. The minimum atomic E-state index is -0.879. The number of rotatable bonds is 9. The van der Waals surface area contributed by atoms with Crippen LogP contribution >= 0.6 is 0 Å². The van der Waals surface area contributed by atoms with Gasteiger partial charge in [0.25, 0.3) is 0 Å². The molecule has 0 saturated heterocycles. The van der Waals surface area contributed by atoms with Crippen molar-refractivity contribution < 1.29 is 14.6 Å². The summed E-state index contributed by atoms with van der Waals surface area (Å²) in [5, 5.41) is 19.4. The highest BCUT2D eigenvalue weighted by Gasteiger charge is 2.36. The van der Waals surface area contributed by atoms with E-state index in [1.807, 2.05) is 42.5 Å². The van der Waals surface area contributed by atoms with Crippen LogP contribution in [0.25, 0.3) is 0 Å². The van der Waals surface area contributed by atoms with E-state index >= 15 is 0 Å².